The average Bonchev–Trinajstić information content (AvgIpc) is 3.11. The maximum atomic E-state index is 12.8. The van der Waals surface area contributed by atoms with Crippen molar-refractivity contribution in [2.75, 3.05) is 19.5 Å². The van der Waals surface area contributed by atoms with Gasteiger partial charge in [-0.05, 0) is 49.7 Å². The van der Waals surface area contributed by atoms with Crippen molar-refractivity contribution in [3.05, 3.63) is 59.8 Å². The molecule has 0 fully saturated rings. The second-order valence-corrected chi connectivity index (χ2v) is 6.12. The van der Waals surface area contributed by atoms with Gasteiger partial charge in [-0.15, -0.1) is 0 Å². The fourth-order valence-electron chi connectivity index (χ4n) is 2.90. The summed E-state index contributed by atoms with van der Waals surface area (Å²) in [6.45, 7) is 4.51. The van der Waals surface area contributed by atoms with Gasteiger partial charge in [0.25, 0.3) is 5.91 Å². The third-order valence-corrected chi connectivity index (χ3v) is 4.27. The minimum Gasteiger partial charge on any atom is -0.497 e. The van der Waals surface area contributed by atoms with Crippen LogP contribution in [-0.2, 0) is 6.54 Å². The quantitative estimate of drug-likeness (QED) is 0.713. The highest BCUT2D eigenvalue weighted by Crippen LogP contribution is 2.33. The first kappa shape index (κ1) is 18.5. The number of ether oxygens (including phenoxy) is 2. The number of benzene rings is 2. The van der Waals surface area contributed by atoms with Crippen LogP contribution in [0.5, 0.6) is 11.5 Å². The van der Waals surface area contributed by atoms with Crippen molar-refractivity contribution in [2.45, 2.75) is 20.4 Å². The van der Waals surface area contributed by atoms with Crippen LogP contribution in [-0.4, -0.2) is 29.9 Å². The summed E-state index contributed by atoms with van der Waals surface area (Å²) < 4.78 is 12.4. The fourth-order valence-corrected chi connectivity index (χ4v) is 2.90. The van der Waals surface area contributed by atoms with Crippen LogP contribution in [0.3, 0.4) is 0 Å². The Hall–Kier alpha value is -3.28. The minimum atomic E-state index is -0.200. The Bertz CT molecular complexity index is 963. The highest BCUT2D eigenvalue weighted by molar-refractivity contribution is 6.03. The lowest BCUT2D eigenvalue weighted by Crippen LogP contribution is -2.17. The van der Waals surface area contributed by atoms with Crippen LogP contribution in [0.4, 0.5) is 5.69 Å². The van der Waals surface area contributed by atoms with Gasteiger partial charge in [0.1, 0.15) is 17.2 Å². The number of rotatable bonds is 6. The summed E-state index contributed by atoms with van der Waals surface area (Å²) in [5, 5.41) is 7.51. The molecule has 6 nitrogen and oxygen atoms in total. The zero-order valence-corrected chi connectivity index (χ0v) is 15.9. The minimum absolute atomic E-state index is 0.200. The molecular formula is C21H23N3O3. The lowest BCUT2D eigenvalue weighted by molar-refractivity contribution is 0.101. The van der Waals surface area contributed by atoms with Gasteiger partial charge in [-0.2, -0.15) is 5.10 Å². The van der Waals surface area contributed by atoms with Gasteiger partial charge in [0.15, 0.2) is 0 Å². The van der Waals surface area contributed by atoms with Gasteiger partial charge in [0.05, 0.1) is 19.9 Å². The molecule has 1 amide bonds. The first-order chi connectivity index (χ1) is 13.0. The Morgan fingerprint density at radius 1 is 1.11 bits per heavy atom. The van der Waals surface area contributed by atoms with Gasteiger partial charge >= 0.3 is 0 Å². The molecule has 6 heteroatoms. The van der Waals surface area contributed by atoms with Gasteiger partial charge < -0.3 is 14.8 Å². The van der Waals surface area contributed by atoms with E-state index in [1.807, 2.05) is 50.2 Å². The molecule has 1 N–H and O–H groups in total. The Morgan fingerprint density at radius 2 is 1.93 bits per heavy atom. The predicted molar refractivity (Wildman–Crippen MR) is 106 cm³/mol. The molecule has 1 aromatic heterocycles. The van der Waals surface area contributed by atoms with Crippen LogP contribution in [0.2, 0.25) is 0 Å². The SMILES string of the molecule is CCn1nc(-c2ccc(OC)cc2OC)cc1C(=O)Nc1cccc(C)c1. The Morgan fingerprint density at radius 3 is 2.59 bits per heavy atom. The van der Waals surface area contributed by atoms with E-state index in [1.165, 1.54) is 0 Å². The van der Waals surface area contributed by atoms with E-state index in [2.05, 4.69) is 10.4 Å². The third kappa shape index (κ3) is 3.95. The predicted octanol–water partition coefficient (Wildman–Crippen LogP) is 4.15. The molecule has 3 rings (SSSR count). The van der Waals surface area contributed by atoms with Crippen LogP contribution >= 0.6 is 0 Å². The smallest absolute Gasteiger partial charge is 0.273 e. The largest absolute Gasteiger partial charge is 0.497 e. The summed E-state index contributed by atoms with van der Waals surface area (Å²) in [5.74, 6) is 1.14. The molecule has 3 aromatic rings. The number of hydrogen-bond acceptors (Lipinski definition) is 4. The topological polar surface area (TPSA) is 65.4 Å². The molecule has 27 heavy (non-hydrogen) atoms. The number of carbonyl (C=O) groups is 1. The number of nitrogens with zero attached hydrogens (tertiary/aromatic N) is 2. The number of carbonyl (C=O) groups excluding carboxylic acids is 1. The van der Waals surface area contributed by atoms with Gasteiger partial charge in [-0.1, -0.05) is 12.1 Å². The summed E-state index contributed by atoms with van der Waals surface area (Å²) in [5.41, 5.74) is 3.81. The number of anilines is 1. The molecule has 2 aromatic carbocycles. The van der Waals surface area contributed by atoms with Crippen molar-refractivity contribution >= 4 is 11.6 Å². The number of hydrogen-bond donors (Lipinski definition) is 1. The maximum Gasteiger partial charge on any atom is 0.273 e. The number of aromatic nitrogens is 2. The lowest BCUT2D eigenvalue weighted by Gasteiger charge is -2.08. The Labute approximate surface area is 158 Å². The van der Waals surface area contributed by atoms with Crippen molar-refractivity contribution in [3.8, 4) is 22.8 Å². The molecule has 0 aliphatic carbocycles. The molecular weight excluding hydrogens is 342 g/mol. The molecule has 1 heterocycles. The standard InChI is InChI=1S/C21H23N3O3/c1-5-24-19(21(25)22-15-8-6-7-14(2)11-15)13-18(23-24)17-10-9-16(26-3)12-20(17)27-4/h6-13H,5H2,1-4H3,(H,22,25). The van der Waals surface area contributed by atoms with E-state index in [0.29, 0.717) is 29.4 Å². The lowest BCUT2D eigenvalue weighted by atomic mass is 10.1. The molecule has 0 saturated heterocycles. The van der Waals surface area contributed by atoms with E-state index in [-0.39, 0.29) is 5.91 Å². The first-order valence-electron chi connectivity index (χ1n) is 8.74. The van der Waals surface area contributed by atoms with Gasteiger partial charge in [-0.3, -0.25) is 9.48 Å². The molecule has 0 unspecified atom stereocenters. The van der Waals surface area contributed by atoms with E-state index in [4.69, 9.17) is 9.47 Å². The van der Waals surface area contributed by atoms with Crippen LogP contribution < -0.4 is 14.8 Å². The maximum absolute atomic E-state index is 12.8. The zero-order chi connectivity index (χ0) is 19.4. The Kier molecular flexibility index (Phi) is 5.45. The second-order valence-electron chi connectivity index (χ2n) is 6.12. The van der Waals surface area contributed by atoms with E-state index in [1.54, 1.807) is 31.0 Å². The van der Waals surface area contributed by atoms with Crippen molar-refractivity contribution in [3.63, 3.8) is 0 Å². The summed E-state index contributed by atoms with van der Waals surface area (Å²) in [4.78, 5) is 12.8. The Balaban J connectivity index is 1.95. The summed E-state index contributed by atoms with van der Waals surface area (Å²) >= 11 is 0. The third-order valence-electron chi connectivity index (χ3n) is 4.27. The number of methoxy groups -OCH3 is 2. The first-order valence-corrected chi connectivity index (χ1v) is 8.74. The molecule has 0 spiro atoms. The number of amides is 1. The highest BCUT2D eigenvalue weighted by Gasteiger charge is 2.18. The normalized spacial score (nSPS) is 10.5. The molecule has 0 atom stereocenters. The van der Waals surface area contributed by atoms with Crippen molar-refractivity contribution in [1.82, 2.24) is 9.78 Å². The van der Waals surface area contributed by atoms with Gasteiger partial charge in [-0.25, -0.2) is 0 Å². The molecule has 0 radical (unpaired) electrons. The van der Waals surface area contributed by atoms with Gasteiger partial charge in [0.2, 0.25) is 0 Å². The summed E-state index contributed by atoms with van der Waals surface area (Å²) in [6.07, 6.45) is 0. The molecule has 140 valence electrons. The van der Waals surface area contributed by atoms with Crippen LogP contribution in [0, 0.1) is 6.92 Å². The van der Waals surface area contributed by atoms with E-state index < -0.39 is 0 Å². The molecule has 0 aliphatic rings. The fraction of sp³-hybridized carbons (Fsp3) is 0.238. The molecule has 0 bridgehead atoms. The number of nitrogens with one attached hydrogen (secondary N) is 1. The number of aryl methyl sites for hydroxylation is 2. The van der Waals surface area contributed by atoms with Crippen molar-refractivity contribution in [2.24, 2.45) is 0 Å². The van der Waals surface area contributed by atoms with Crippen LogP contribution in [0.25, 0.3) is 11.3 Å². The van der Waals surface area contributed by atoms with Crippen molar-refractivity contribution < 1.29 is 14.3 Å². The molecule has 0 saturated carbocycles. The highest BCUT2D eigenvalue weighted by atomic mass is 16.5. The summed E-state index contributed by atoms with van der Waals surface area (Å²) in [6, 6.07) is 15.0. The second kappa shape index (κ2) is 7.95. The average molecular weight is 365 g/mol. The van der Waals surface area contributed by atoms with Gasteiger partial charge in [0, 0.05) is 23.9 Å². The van der Waals surface area contributed by atoms with Crippen LogP contribution in [0.1, 0.15) is 23.0 Å². The monoisotopic (exact) mass is 365 g/mol. The van der Waals surface area contributed by atoms with E-state index in [9.17, 15) is 4.79 Å². The van der Waals surface area contributed by atoms with Crippen molar-refractivity contribution in [1.29, 1.82) is 0 Å². The summed E-state index contributed by atoms with van der Waals surface area (Å²) in [7, 11) is 3.20. The van der Waals surface area contributed by atoms with E-state index >= 15 is 0 Å². The van der Waals surface area contributed by atoms with Crippen LogP contribution in [0.15, 0.2) is 48.5 Å². The van der Waals surface area contributed by atoms with E-state index in [0.717, 1.165) is 16.8 Å². The zero-order valence-electron chi connectivity index (χ0n) is 15.9. The molecule has 0 aliphatic heterocycles.